The average molecular weight is 424 g/mol. The lowest BCUT2D eigenvalue weighted by Gasteiger charge is -2.12. The van der Waals surface area contributed by atoms with Gasteiger partial charge < -0.3 is 14.2 Å². The molecule has 146 valence electrons. The van der Waals surface area contributed by atoms with E-state index >= 15 is 0 Å². The summed E-state index contributed by atoms with van der Waals surface area (Å²) < 4.78 is 80.7. The van der Waals surface area contributed by atoms with Gasteiger partial charge >= 0.3 is 6.18 Å². The number of ether oxygens (including phenoxy) is 3. The Morgan fingerprint density at radius 3 is 2.59 bits per heavy atom. The predicted molar refractivity (Wildman–Crippen MR) is 89.7 cm³/mol. The van der Waals surface area contributed by atoms with Gasteiger partial charge in [-0.25, -0.2) is 13.1 Å². The predicted octanol–water partition coefficient (Wildman–Crippen LogP) is 3.44. The van der Waals surface area contributed by atoms with Crippen molar-refractivity contribution in [1.82, 2.24) is 4.72 Å². The molecule has 0 unspecified atom stereocenters. The van der Waals surface area contributed by atoms with E-state index in [1.54, 1.807) is 18.2 Å². The van der Waals surface area contributed by atoms with Crippen LogP contribution < -0.4 is 18.9 Å². The van der Waals surface area contributed by atoms with Crippen molar-refractivity contribution in [2.45, 2.75) is 11.1 Å². The molecular formula is C16H13ClF3NO5S. The van der Waals surface area contributed by atoms with Gasteiger partial charge in [-0.15, -0.1) is 0 Å². The Hall–Kier alpha value is -2.17. The van der Waals surface area contributed by atoms with Gasteiger partial charge in [0.05, 0.1) is 10.6 Å². The number of halogens is 4. The topological polar surface area (TPSA) is 73.9 Å². The van der Waals surface area contributed by atoms with Gasteiger partial charge in [-0.05, 0) is 30.3 Å². The standard InChI is InChI=1S/C16H13ClF3NO5S/c17-12-3-1-10(16(18,19)20)7-15(12)27(22,23)21-5-6-24-11-2-4-13-14(8-11)26-9-25-13/h1-4,7-8,21H,5-6,9H2. The lowest BCUT2D eigenvalue weighted by molar-refractivity contribution is -0.137. The van der Waals surface area contributed by atoms with Gasteiger partial charge in [0.2, 0.25) is 16.8 Å². The van der Waals surface area contributed by atoms with Gasteiger partial charge in [0.1, 0.15) is 17.3 Å². The lowest BCUT2D eigenvalue weighted by atomic mass is 10.2. The van der Waals surface area contributed by atoms with Crippen molar-refractivity contribution in [3.63, 3.8) is 0 Å². The molecule has 0 aliphatic carbocycles. The first kappa shape index (κ1) is 19.6. The first-order valence-electron chi connectivity index (χ1n) is 7.56. The van der Waals surface area contributed by atoms with Crippen LogP contribution in [0, 0.1) is 0 Å². The minimum absolute atomic E-state index is 0.0601. The highest BCUT2D eigenvalue weighted by Gasteiger charge is 2.32. The van der Waals surface area contributed by atoms with Crippen LogP contribution >= 0.6 is 11.6 Å². The van der Waals surface area contributed by atoms with E-state index in [0.29, 0.717) is 29.4 Å². The van der Waals surface area contributed by atoms with Crippen LogP contribution in [0.2, 0.25) is 5.02 Å². The minimum Gasteiger partial charge on any atom is -0.492 e. The average Bonchev–Trinajstić information content (AvgIpc) is 3.05. The van der Waals surface area contributed by atoms with Crippen molar-refractivity contribution in [3.05, 3.63) is 47.0 Å². The molecule has 1 aliphatic heterocycles. The van der Waals surface area contributed by atoms with Crippen molar-refractivity contribution in [3.8, 4) is 17.2 Å². The number of benzene rings is 2. The zero-order valence-electron chi connectivity index (χ0n) is 13.5. The maximum Gasteiger partial charge on any atom is 0.416 e. The number of sulfonamides is 1. The van der Waals surface area contributed by atoms with E-state index in [0.717, 1.165) is 6.07 Å². The fourth-order valence-corrected chi connectivity index (χ4v) is 3.81. The van der Waals surface area contributed by atoms with Gasteiger partial charge in [-0.1, -0.05) is 11.6 Å². The summed E-state index contributed by atoms with van der Waals surface area (Å²) in [5.74, 6) is 1.50. The largest absolute Gasteiger partial charge is 0.492 e. The van der Waals surface area contributed by atoms with Crippen molar-refractivity contribution >= 4 is 21.6 Å². The third kappa shape index (κ3) is 4.57. The molecule has 0 atom stereocenters. The highest BCUT2D eigenvalue weighted by molar-refractivity contribution is 7.89. The third-order valence-electron chi connectivity index (χ3n) is 3.55. The van der Waals surface area contributed by atoms with E-state index in [1.165, 1.54) is 0 Å². The molecule has 0 amide bonds. The normalized spacial score (nSPS) is 13.6. The smallest absolute Gasteiger partial charge is 0.416 e. The van der Waals surface area contributed by atoms with Crippen LogP contribution in [-0.2, 0) is 16.2 Å². The molecule has 0 saturated heterocycles. The van der Waals surface area contributed by atoms with E-state index in [9.17, 15) is 21.6 Å². The fraction of sp³-hybridized carbons (Fsp3) is 0.250. The van der Waals surface area contributed by atoms with E-state index < -0.39 is 26.7 Å². The highest BCUT2D eigenvalue weighted by atomic mass is 35.5. The molecular weight excluding hydrogens is 411 g/mol. The molecule has 2 aromatic rings. The Morgan fingerprint density at radius 1 is 1.11 bits per heavy atom. The van der Waals surface area contributed by atoms with Crippen molar-refractivity contribution in [2.75, 3.05) is 19.9 Å². The Balaban J connectivity index is 1.62. The molecule has 0 spiro atoms. The molecule has 0 bridgehead atoms. The number of nitrogens with one attached hydrogen (secondary N) is 1. The first-order valence-corrected chi connectivity index (χ1v) is 9.42. The molecule has 1 N–H and O–H groups in total. The monoisotopic (exact) mass is 423 g/mol. The van der Waals surface area contributed by atoms with Crippen molar-refractivity contribution in [1.29, 1.82) is 0 Å². The lowest BCUT2D eigenvalue weighted by Crippen LogP contribution is -2.28. The zero-order valence-corrected chi connectivity index (χ0v) is 15.1. The Morgan fingerprint density at radius 2 is 1.85 bits per heavy atom. The molecule has 3 rings (SSSR count). The summed E-state index contributed by atoms with van der Waals surface area (Å²) in [7, 11) is -4.24. The molecule has 0 fully saturated rings. The van der Waals surface area contributed by atoms with Gasteiger partial charge in [-0.3, -0.25) is 0 Å². The van der Waals surface area contributed by atoms with Crippen LogP contribution in [-0.4, -0.2) is 28.4 Å². The van der Waals surface area contributed by atoms with Gasteiger partial charge in [0.15, 0.2) is 11.5 Å². The third-order valence-corrected chi connectivity index (χ3v) is 5.50. The second-order valence-corrected chi connectivity index (χ2v) is 7.55. The molecule has 1 aliphatic rings. The number of hydrogen-bond donors (Lipinski definition) is 1. The molecule has 27 heavy (non-hydrogen) atoms. The molecule has 0 aromatic heterocycles. The first-order chi connectivity index (χ1) is 12.7. The SMILES string of the molecule is O=S(=O)(NCCOc1ccc2c(c1)OCO2)c1cc(C(F)(F)F)ccc1Cl. The highest BCUT2D eigenvalue weighted by Crippen LogP contribution is 2.35. The van der Waals surface area contributed by atoms with Gasteiger partial charge in [0, 0.05) is 12.6 Å². The van der Waals surface area contributed by atoms with Gasteiger partial charge in [-0.2, -0.15) is 13.2 Å². The molecule has 2 aromatic carbocycles. The molecule has 6 nitrogen and oxygen atoms in total. The number of rotatable bonds is 6. The van der Waals surface area contributed by atoms with Crippen molar-refractivity contribution in [2.24, 2.45) is 0 Å². The minimum atomic E-state index is -4.68. The Bertz CT molecular complexity index is 950. The summed E-state index contributed by atoms with van der Waals surface area (Å²) >= 11 is 5.75. The van der Waals surface area contributed by atoms with Gasteiger partial charge in [0.25, 0.3) is 0 Å². The maximum absolute atomic E-state index is 12.8. The van der Waals surface area contributed by atoms with E-state index in [-0.39, 0.29) is 25.0 Å². The van der Waals surface area contributed by atoms with Crippen LogP contribution in [0.15, 0.2) is 41.3 Å². The van der Waals surface area contributed by atoms with E-state index in [1.807, 2.05) is 0 Å². The number of hydrogen-bond acceptors (Lipinski definition) is 5. The zero-order chi connectivity index (χ0) is 19.7. The summed E-state index contributed by atoms with van der Waals surface area (Å²) in [6, 6.07) is 6.94. The van der Waals surface area contributed by atoms with Crippen molar-refractivity contribution < 1.29 is 35.8 Å². The molecule has 1 heterocycles. The van der Waals surface area contributed by atoms with Crippen LogP contribution in [0.1, 0.15) is 5.56 Å². The molecule has 11 heteroatoms. The second kappa shape index (κ2) is 7.45. The second-order valence-electron chi connectivity index (χ2n) is 5.40. The van der Waals surface area contributed by atoms with Crippen LogP contribution in [0.25, 0.3) is 0 Å². The fourth-order valence-electron chi connectivity index (χ4n) is 2.27. The quantitative estimate of drug-likeness (QED) is 0.720. The summed E-state index contributed by atoms with van der Waals surface area (Å²) in [5, 5.41) is -0.313. The maximum atomic E-state index is 12.8. The van der Waals surface area contributed by atoms with Crippen LogP contribution in [0.3, 0.4) is 0 Å². The van der Waals surface area contributed by atoms with Crippen LogP contribution in [0.5, 0.6) is 17.2 Å². The Kier molecular flexibility index (Phi) is 5.41. The Labute approximate surface area is 157 Å². The molecule has 0 saturated carbocycles. The summed E-state index contributed by atoms with van der Waals surface area (Å²) in [6.45, 7) is -0.130. The van der Waals surface area contributed by atoms with Crippen LogP contribution in [0.4, 0.5) is 13.2 Å². The summed E-state index contributed by atoms with van der Waals surface area (Å²) in [4.78, 5) is -0.651. The molecule has 0 radical (unpaired) electrons. The number of fused-ring (bicyclic) bond motifs is 1. The summed E-state index contributed by atoms with van der Waals surface area (Å²) in [5.41, 5.74) is -1.11. The van der Waals surface area contributed by atoms with E-state index in [4.69, 9.17) is 25.8 Å². The summed E-state index contributed by atoms with van der Waals surface area (Å²) in [6.07, 6.45) is -4.68. The number of alkyl halides is 3. The van der Waals surface area contributed by atoms with E-state index in [2.05, 4.69) is 4.72 Å².